The van der Waals surface area contributed by atoms with Crippen LogP contribution in [0.4, 0.5) is 24.8 Å². The predicted molar refractivity (Wildman–Crippen MR) is 66.9 cm³/mol. The molecule has 0 saturated heterocycles. The molecule has 1 aromatic heterocycles. The molecule has 0 saturated carbocycles. The minimum Gasteiger partial charge on any atom is -0.373 e. The molecule has 19 heavy (non-hydrogen) atoms. The van der Waals surface area contributed by atoms with Crippen LogP contribution in [0.3, 0.4) is 0 Å². The number of aromatic nitrogens is 1. The van der Waals surface area contributed by atoms with Gasteiger partial charge in [0.1, 0.15) is 11.6 Å². The molecule has 0 aromatic carbocycles. The second-order valence-electron chi connectivity index (χ2n) is 3.83. The van der Waals surface area contributed by atoms with E-state index in [9.17, 15) is 13.2 Å². The standard InChI is InChI=1S/C12H15F3N4/c1-3-19(6-4-5-16)11-8-9(12(13,14)15)7-10(17-2)18-11/h7-8H,3-4,6H2,1-2H3,(H,17,18). The molecular formula is C12H15F3N4. The molecule has 0 atom stereocenters. The van der Waals surface area contributed by atoms with Crippen LogP contribution in [0, 0.1) is 11.3 Å². The smallest absolute Gasteiger partial charge is 0.373 e. The maximum atomic E-state index is 12.8. The molecule has 1 N–H and O–H groups in total. The van der Waals surface area contributed by atoms with Crippen molar-refractivity contribution in [3.05, 3.63) is 17.7 Å². The average Bonchev–Trinajstić information content (AvgIpc) is 2.38. The lowest BCUT2D eigenvalue weighted by Crippen LogP contribution is -2.25. The summed E-state index contributed by atoms with van der Waals surface area (Å²) in [6.07, 6.45) is -4.18. The zero-order valence-corrected chi connectivity index (χ0v) is 10.8. The Morgan fingerprint density at radius 3 is 2.58 bits per heavy atom. The van der Waals surface area contributed by atoms with Gasteiger partial charge in [-0.2, -0.15) is 18.4 Å². The fourth-order valence-electron chi connectivity index (χ4n) is 1.59. The summed E-state index contributed by atoms with van der Waals surface area (Å²) in [5.74, 6) is 0.372. The van der Waals surface area contributed by atoms with E-state index in [0.717, 1.165) is 12.1 Å². The molecule has 0 amide bonds. The van der Waals surface area contributed by atoms with Gasteiger partial charge in [-0.1, -0.05) is 0 Å². The minimum absolute atomic E-state index is 0.153. The molecule has 104 valence electrons. The molecule has 0 aliphatic rings. The number of alkyl halides is 3. The Hall–Kier alpha value is -1.97. The van der Waals surface area contributed by atoms with Crippen LogP contribution in [-0.4, -0.2) is 25.1 Å². The first kappa shape index (κ1) is 15.1. The number of nitrogens with zero attached hydrogens (tertiary/aromatic N) is 3. The topological polar surface area (TPSA) is 52.0 Å². The molecule has 7 heteroatoms. The first-order valence-corrected chi connectivity index (χ1v) is 5.81. The summed E-state index contributed by atoms with van der Waals surface area (Å²) in [5.41, 5.74) is -0.753. The number of rotatable bonds is 5. The maximum Gasteiger partial charge on any atom is 0.416 e. The molecule has 0 bridgehead atoms. The number of halogens is 3. The summed E-state index contributed by atoms with van der Waals surface area (Å²) in [6.45, 7) is 2.64. The van der Waals surface area contributed by atoms with Crippen molar-refractivity contribution >= 4 is 11.6 Å². The summed E-state index contributed by atoms with van der Waals surface area (Å²) in [5, 5.41) is 11.2. The van der Waals surface area contributed by atoms with Crippen LogP contribution in [0.5, 0.6) is 0 Å². The lowest BCUT2D eigenvalue weighted by Gasteiger charge is -2.22. The van der Waals surface area contributed by atoms with E-state index in [-0.39, 0.29) is 18.1 Å². The average molecular weight is 272 g/mol. The van der Waals surface area contributed by atoms with E-state index >= 15 is 0 Å². The van der Waals surface area contributed by atoms with E-state index in [4.69, 9.17) is 5.26 Å². The van der Waals surface area contributed by atoms with Crippen LogP contribution in [0.2, 0.25) is 0 Å². The third-order valence-electron chi connectivity index (χ3n) is 2.59. The summed E-state index contributed by atoms with van der Waals surface area (Å²) >= 11 is 0. The van der Waals surface area contributed by atoms with Crippen molar-refractivity contribution < 1.29 is 13.2 Å². The first-order valence-electron chi connectivity index (χ1n) is 5.81. The largest absolute Gasteiger partial charge is 0.416 e. The number of hydrogen-bond acceptors (Lipinski definition) is 4. The van der Waals surface area contributed by atoms with Crippen LogP contribution in [0.1, 0.15) is 18.9 Å². The van der Waals surface area contributed by atoms with Gasteiger partial charge in [-0.05, 0) is 19.1 Å². The normalized spacial score (nSPS) is 10.9. The van der Waals surface area contributed by atoms with E-state index < -0.39 is 11.7 Å². The van der Waals surface area contributed by atoms with Crippen molar-refractivity contribution in [2.75, 3.05) is 30.4 Å². The Bertz CT molecular complexity index is 465. The SMILES string of the molecule is CCN(CCC#N)c1cc(C(F)(F)F)cc(NC)n1. The van der Waals surface area contributed by atoms with Crippen molar-refractivity contribution in [3.63, 3.8) is 0 Å². The van der Waals surface area contributed by atoms with Gasteiger partial charge >= 0.3 is 6.18 Å². The molecule has 0 aliphatic carbocycles. The number of hydrogen-bond donors (Lipinski definition) is 1. The molecule has 0 unspecified atom stereocenters. The Balaban J connectivity index is 3.15. The highest BCUT2D eigenvalue weighted by Gasteiger charge is 2.32. The highest BCUT2D eigenvalue weighted by molar-refractivity contribution is 5.51. The summed E-state index contributed by atoms with van der Waals surface area (Å²) < 4.78 is 38.3. The van der Waals surface area contributed by atoms with Gasteiger partial charge in [-0.3, -0.25) is 0 Å². The Labute approximate surface area is 109 Å². The lowest BCUT2D eigenvalue weighted by atomic mass is 10.2. The second kappa shape index (κ2) is 6.27. The lowest BCUT2D eigenvalue weighted by molar-refractivity contribution is -0.137. The highest BCUT2D eigenvalue weighted by Crippen LogP contribution is 2.32. The quantitative estimate of drug-likeness (QED) is 0.895. The van der Waals surface area contributed by atoms with Crippen LogP contribution in [0.15, 0.2) is 12.1 Å². The summed E-state index contributed by atoms with van der Waals surface area (Å²) in [4.78, 5) is 5.73. The van der Waals surface area contributed by atoms with Crippen LogP contribution in [-0.2, 0) is 6.18 Å². The van der Waals surface area contributed by atoms with E-state index in [2.05, 4.69) is 10.3 Å². The fourth-order valence-corrected chi connectivity index (χ4v) is 1.59. The predicted octanol–water partition coefficient (Wildman–Crippen LogP) is 2.88. The van der Waals surface area contributed by atoms with Gasteiger partial charge in [0, 0.05) is 20.1 Å². The number of pyridine rings is 1. The molecule has 1 aromatic rings. The van der Waals surface area contributed by atoms with Gasteiger partial charge in [0.15, 0.2) is 0 Å². The van der Waals surface area contributed by atoms with Crippen LogP contribution >= 0.6 is 0 Å². The van der Waals surface area contributed by atoms with E-state index in [0.29, 0.717) is 13.1 Å². The van der Waals surface area contributed by atoms with Crippen molar-refractivity contribution in [1.29, 1.82) is 5.26 Å². The number of nitrogens with one attached hydrogen (secondary N) is 1. The zero-order valence-electron chi connectivity index (χ0n) is 10.8. The monoisotopic (exact) mass is 272 g/mol. The Morgan fingerprint density at radius 1 is 1.42 bits per heavy atom. The van der Waals surface area contributed by atoms with Crippen molar-refractivity contribution in [2.24, 2.45) is 0 Å². The molecule has 4 nitrogen and oxygen atoms in total. The van der Waals surface area contributed by atoms with Gasteiger partial charge < -0.3 is 10.2 Å². The minimum atomic E-state index is -4.42. The van der Waals surface area contributed by atoms with Gasteiger partial charge in [0.25, 0.3) is 0 Å². The highest BCUT2D eigenvalue weighted by atomic mass is 19.4. The van der Waals surface area contributed by atoms with Gasteiger partial charge in [0.05, 0.1) is 18.1 Å². The van der Waals surface area contributed by atoms with Crippen molar-refractivity contribution in [3.8, 4) is 6.07 Å². The summed E-state index contributed by atoms with van der Waals surface area (Å²) in [6, 6.07) is 3.93. The molecular weight excluding hydrogens is 257 g/mol. The van der Waals surface area contributed by atoms with Gasteiger partial charge in [0.2, 0.25) is 0 Å². The van der Waals surface area contributed by atoms with Gasteiger partial charge in [-0.25, -0.2) is 4.98 Å². The first-order chi connectivity index (χ1) is 8.92. The van der Waals surface area contributed by atoms with E-state index in [1.165, 1.54) is 7.05 Å². The zero-order chi connectivity index (χ0) is 14.5. The number of anilines is 2. The molecule has 0 radical (unpaired) electrons. The van der Waals surface area contributed by atoms with Gasteiger partial charge in [-0.15, -0.1) is 0 Å². The molecule has 0 spiro atoms. The van der Waals surface area contributed by atoms with Crippen LogP contribution < -0.4 is 10.2 Å². The maximum absolute atomic E-state index is 12.8. The molecule has 1 rings (SSSR count). The Morgan fingerprint density at radius 2 is 2.11 bits per heavy atom. The second-order valence-corrected chi connectivity index (χ2v) is 3.83. The third kappa shape index (κ3) is 4.02. The Kier molecular flexibility index (Phi) is 4.98. The molecule has 1 heterocycles. The van der Waals surface area contributed by atoms with E-state index in [1.54, 1.807) is 11.8 Å². The van der Waals surface area contributed by atoms with Crippen molar-refractivity contribution in [1.82, 2.24) is 4.98 Å². The number of nitriles is 1. The van der Waals surface area contributed by atoms with E-state index in [1.807, 2.05) is 6.07 Å². The summed E-state index contributed by atoms with van der Waals surface area (Å²) in [7, 11) is 1.51. The van der Waals surface area contributed by atoms with Crippen molar-refractivity contribution in [2.45, 2.75) is 19.5 Å². The molecule has 0 fully saturated rings. The molecule has 0 aliphatic heterocycles. The fraction of sp³-hybridized carbons (Fsp3) is 0.500. The third-order valence-corrected chi connectivity index (χ3v) is 2.59. The van der Waals surface area contributed by atoms with Crippen LogP contribution in [0.25, 0.3) is 0 Å².